The number of likely N-dealkylation sites (tertiary alicyclic amines) is 1. The first-order valence-corrected chi connectivity index (χ1v) is 10.7. The van der Waals surface area contributed by atoms with Crippen LogP contribution in [-0.2, 0) is 0 Å². The topological polar surface area (TPSA) is 30.9 Å². The quantitative estimate of drug-likeness (QED) is 0.595. The Morgan fingerprint density at radius 1 is 1.17 bits per heavy atom. The maximum atomic E-state index is 4.95. The van der Waals surface area contributed by atoms with Gasteiger partial charge < -0.3 is 15.1 Å². The predicted molar refractivity (Wildman–Crippen MR) is 104 cm³/mol. The van der Waals surface area contributed by atoms with E-state index in [-0.39, 0.29) is 0 Å². The van der Waals surface area contributed by atoms with Gasteiger partial charge in [0.2, 0.25) is 0 Å². The second kappa shape index (κ2) is 10.4. The Morgan fingerprint density at radius 3 is 2.61 bits per heavy atom. The molecule has 2 saturated heterocycles. The van der Waals surface area contributed by atoms with Crippen molar-refractivity contribution in [1.82, 2.24) is 15.1 Å². The van der Waals surface area contributed by atoms with Crippen molar-refractivity contribution in [1.29, 1.82) is 0 Å². The Bertz CT molecular complexity index is 353. The number of aliphatic imine (C=N–C) groups is 1. The fourth-order valence-electron chi connectivity index (χ4n) is 3.53. The number of hydrogen-bond acceptors (Lipinski definition) is 3. The van der Waals surface area contributed by atoms with E-state index in [1.165, 1.54) is 51.1 Å². The van der Waals surface area contributed by atoms with Crippen LogP contribution in [0.5, 0.6) is 0 Å². The van der Waals surface area contributed by atoms with Gasteiger partial charge in [-0.3, -0.25) is 4.99 Å². The minimum Gasteiger partial charge on any atom is -0.357 e. The van der Waals surface area contributed by atoms with Crippen LogP contribution in [0, 0.1) is 5.92 Å². The monoisotopic (exact) mass is 340 g/mol. The number of rotatable bonds is 6. The average molecular weight is 341 g/mol. The van der Waals surface area contributed by atoms with Crippen LogP contribution in [0.2, 0.25) is 0 Å². The normalized spacial score (nSPS) is 24.9. The van der Waals surface area contributed by atoms with Crippen molar-refractivity contribution in [2.24, 2.45) is 10.9 Å². The van der Waals surface area contributed by atoms with E-state index in [1.807, 2.05) is 0 Å². The minimum absolute atomic E-state index is 0.769. The van der Waals surface area contributed by atoms with Gasteiger partial charge in [0.25, 0.3) is 0 Å². The number of nitrogens with zero attached hydrogens (tertiary/aromatic N) is 3. The van der Waals surface area contributed by atoms with E-state index in [0.29, 0.717) is 0 Å². The Morgan fingerprint density at radius 2 is 1.96 bits per heavy atom. The lowest BCUT2D eigenvalue weighted by atomic mass is 9.94. The van der Waals surface area contributed by atoms with Crippen molar-refractivity contribution in [2.75, 3.05) is 51.6 Å². The predicted octanol–water partition coefficient (Wildman–Crippen LogP) is 2.90. The van der Waals surface area contributed by atoms with Crippen molar-refractivity contribution in [3.05, 3.63) is 0 Å². The van der Waals surface area contributed by atoms with E-state index in [0.717, 1.165) is 43.3 Å². The second-order valence-corrected chi connectivity index (χ2v) is 8.16. The molecule has 0 saturated carbocycles. The molecule has 0 aromatic heterocycles. The van der Waals surface area contributed by atoms with E-state index in [4.69, 9.17) is 4.99 Å². The molecule has 0 amide bonds. The summed E-state index contributed by atoms with van der Waals surface area (Å²) in [6.45, 7) is 14.8. The Hall–Kier alpha value is -0.420. The molecular weight excluding hydrogens is 304 g/mol. The number of nitrogens with one attached hydrogen (secondary N) is 1. The van der Waals surface area contributed by atoms with Gasteiger partial charge in [0.05, 0.1) is 0 Å². The molecule has 0 spiro atoms. The summed E-state index contributed by atoms with van der Waals surface area (Å²) >= 11 is 2.12. The summed E-state index contributed by atoms with van der Waals surface area (Å²) in [4.78, 5) is 10.00. The van der Waals surface area contributed by atoms with Crippen LogP contribution in [0.15, 0.2) is 4.99 Å². The van der Waals surface area contributed by atoms with Crippen LogP contribution >= 0.6 is 11.8 Å². The van der Waals surface area contributed by atoms with E-state index in [9.17, 15) is 0 Å². The summed E-state index contributed by atoms with van der Waals surface area (Å²) in [5.74, 6) is 3.26. The zero-order valence-electron chi connectivity index (χ0n) is 15.4. The Kier molecular flexibility index (Phi) is 8.59. The van der Waals surface area contributed by atoms with E-state index in [2.05, 4.69) is 47.6 Å². The Balaban J connectivity index is 1.79. The molecule has 2 fully saturated rings. The number of guanidine groups is 1. The van der Waals surface area contributed by atoms with Crippen LogP contribution in [0.3, 0.4) is 0 Å². The second-order valence-electron chi connectivity index (χ2n) is 6.75. The SMILES string of the molecule is CCNC(=NCCC1CCN(CC)CC1)N1CCSC(CC)C1. The molecule has 134 valence electrons. The molecular formula is C18H36N4S. The molecule has 2 heterocycles. The van der Waals surface area contributed by atoms with E-state index in [1.54, 1.807) is 0 Å². The van der Waals surface area contributed by atoms with Crippen molar-refractivity contribution in [3.63, 3.8) is 0 Å². The molecule has 2 aliphatic heterocycles. The summed E-state index contributed by atoms with van der Waals surface area (Å²) in [6.07, 6.45) is 5.24. The summed E-state index contributed by atoms with van der Waals surface area (Å²) in [7, 11) is 0. The highest BCUT2D eigenvalue weighted by Gasteiger charge is 2.22. The molecule has 2 aliphatic rings. The fourth-order valence-corrected chi connectivity index (χ4v) is 4.71. The van der Waals surface area contributed by atoms with Crippen molar-refractivity contribution in [2.45, 2.75) is 51.7 Å². The molecule has 0 bridgehead atoms. The van der Waals surface area contributed by atoms with Gasteiger partial charge in [-0.05, 0) is 58.2 Å². The molecule has 1 unspecified atom stereocenters. The third-order valence-electron chi connectivity index (χ3n) is 5.18. The van der Waals surface area contributed by atoms with Crippen molar-refractivity contribution in [3.8, 4) is 0 Å². The molecule has 1 N–H and O–H groups in total. The first kappa shape index (κ1) is 18.9. The van der Waals surface area contributed by atoms with Gasteiger partial charge in [-0.2, -0.15) is 11.8 Å². The van der Waals surface area contributed by atoms with Crippen LogP contribution < -0.4 is 5.32 Å². The molecule has 0 aromatic carbocycles. The molecule has 0 aromatic rings. The van der Waals surface area contributed by atoms with Gasteiger partial charge in [-0.15, -0.1) is 0 Å². The molecule has 0 aliphatic carbocycles. The summed E-state index contributed by atoms with van der Waals surface area (Å²) < 4.78 is 0. The third-order valence-corrected chi connectivity index (χ3v) is 6.55. The zero-order valence-corrected chi connectivity index (χ0v) is 16.2. The molecule has 1 atom stereocenters. The smallest absolute Gasteiger partial charge is 0.193 e. The standard InChI is InChI=1S/C18H36N4S/c1-4-17-15-22(13-14-23-17)18(19-5-2)20-10-7-16-8-11-21(6-3)12-9-16/h16-17H,4-15H2,1-3H3,(H,19,20). The van der Waals surface area contributed by atoms with E-state index < -0.39 is 0 Å². The van der Waals surface area contributed by atoms with Gasteiger partial charge in [0.15, 0.2) is 5.96 Å². The highest BCUT2D eigenvalue weighted by Crippen LogP contribution is 2.22. The zero-order chi connectivity index (χ0) is 16.5. The van der Waals surface area contributed by atoms with Crippen molar-refractivity contribution < 1.29 is 0 Å². The van der Waals surface area contributed by atoms with Gasteiger partial charge in [-0.25, -0.2) is 0 Å². The molecule has 2 rings (SSSR count). The first-order valence-electron chi connectivity index (χ1n) is 9.64. The van der Waals surface area contributed by atoms with Gasteiger partial charge in [0.1, 0.15) is 0 Å². The van der Waals surface area contributed by atoms with E-state index >= 15 is 0 Å². The molecule has 4 nitrogen and oxygen atoms in total. The fraction of sp³-hybridized carbons (Fsp3) is 0.944. The minimum atomic E-state index is 0.769. The van der Waals surface area contributed by atoms with Crippen LogP contribution in [0.25, 0.3) is 0 Å². The first-order chi connectivity index (χ1) is 11.3. The molecule has 23 heavy (non-hydrogen) atoms. The highest BCUT2D eigenvalue weighted by molar-refractivity contribution is 8.00. The van der Waals surface area contributed by atoms with Crippen LogP contribution in [-0.4, -0.2) is 72.6 Å². The molecule has 5 heteroatoms. The highest BCUT2D eigenvalue weighted by atomic mass is 32.2. The number of piperidine rings is 1. The maximum Gasteiger partial charge on any atom is 0.193 e. The average Bonchev–Trinajstić information content (AvgIpc) is 2.61. The van der Waals surface area contributed by atoms with Gasteiger partial charge in [-0.1, -0.05) is 13.8 Å². The van der Waals surface area contributed by atoms with Gasteiger partial charge >= 0.3 is 0 Å². The summed E-state index contributed by atoms with van der Waals surface area (Å²) in [5.41, 5.74) is 0. The third kappa shape index (κ3) is 6.18. The molecule has 0 radical (unpaired) electrons. The largest absolute Gasteiger partial charge is 0.357 e. The number of thioether (sulfide) groups is 1. The lowest BCUT2D eigenvalue weighted by Gasteiger charge is -2.34. The number of hydrogen-bond donors (Lipinski definition) is 1. The van der Waals surface area contributed by atoms with Crippen LogP contribution in [0.1, 0.15) is 46.5 Å². The Labute approximate surface area is 147 Å². The lowest BCUT2D eigenvalue weighted by Crippen LogP contribution is -2.48. The van der Waals surface area contributed by atoms with Gasteiger partial charge in [0, 0.05) is 37.2 Å². The summed E-state index contributed by atoms with van der Waals surface area (Å²) in [6, 6.07) is 0. The van der Waals surface area contributed by atoms with Crippen molar-refractivity contribution >= 4 is 17.7 Å². The summed E-state index contributed by atoms with van der Waals surface area (Å²) in [5, 5.41) is 4.28. The van der Waals surface area contributed by atoms with Crippen LogP contribution in [0.4, 0.5) is 0 Å². The maximum absolute atomic E-state index is 4.95. The lowest BCUT2D eigenvalue weighted by molar-refractivity contribution is 0.188.